The van der Waals surface area contributed by atoms with Crippen LogP contribution in [0.25, 0.3) is 0 Å². The lowest BCUT2D eigenvalue weighted by Crippen LogP contribution is -2.58. The first kappa shape index (κ1) is 26.6. The number of hydrogen-bond acceptors (Lipinski definition) is 9. The molecule has 13 nitrogen and oxygen atoms in total. The van der Waals surface area contributed by atoms with Gasteiger partial charge in [0.2, 0.25) is 17.7 Å². The summed E-state index contributed by atoms with van der Waals surface area (Å²) in [5.74, 6) is -5.40. The molecule has 0 aliphatic rings. The van der Waals surface area contributed by atoms with Crippen molar-refractivity contribution in [1.29, 1.82) is 0 Å². The van der Waals surface area contributed by atoms with Gasteiger partial charge in [-0.1, -0.05) is 0 Å². The highest BCUT2D eigenvalue weighted by molar-refractivity contribution is 7.98. The van der Waals surface area contributed by atoms with Gasteiger partial charge in [-0.2, -0.15) is 11.8 Å². The number of carboxylic acid groups (broad SMARTS) is 2. The van der Waals surface area contributed by atoms with Gasteiger partial charge >= 0.3 is 11.9 Å². The average Bonchev–Trinajstić information content (AvgIpc) is 2.66. The maximum atomic E-state index is 12.4. The van der Waals surface area contributed by atoms with Crippen LogP contribution >= 0.6 is 11.8 Å². The Morgan fingerprint density at radius 1 is 0.862 bits per heavy atom. The smallest absolute Gasteiger partial charge is 0.326 e. The number of rotatable bonds is 14. The van der Waals surface area contributed by atoms with E-state index >= 15 is 0 Å². The van der Waals surface area contributed by atoms with E-state index in [1.165, 1.54) is 11.8 Å². The summed E-state index contributed by atoms with van der Waals surface area (Å²) in [5, 5.41) is 42.4. The Hall–Kier alpha value is -2.42. The minimum Gasteiger partial charge on any atom is -0.481 e. The third-order valence-electron chi connectivity index (χ3n) is 3.59. The topological polar surface area (TPSA) is 228 Å². The first-order chi connectivity index (χ1) is 13.6. The molecular formula is C15H26N4O9S. The Bertz CT molecular complexity index is 604. The summed E-state index contributed by atoms with van der Waals surface area (Å²) in [6.45, 7) is -1.52. The first-order valence-electron chi connectivity index (χ1n) is 8.39. The van der Waals surface area contributed by atoms with Gasteiger partial charge in [0.15, 0.2) is 0 Å². The Balaban J connectivity index is 5.21. The van der Waals surface area contributed by atoms with Crippen LogP contribution in [-0.4, -0.2) is 99.5 Å². The Labute approximate surface area is 170 Å². The molecule has 0 heterocycles. The van der Waals surface area contributed by atoms with Crippen LogP contribution < -0.4 is 21.7 Å². The van der Waals surface area contributed by atoms with Crippen molar-refractivity contribution in [3.8, 4) is 0 Å². The van der Waals surface area contributed by atoms with E-state index < -0.39 is 73.5 Å². The number of aliphatic hydroxyl groups excluding tert-OH is 2. The fraction of sp³-hybridized carbons (Fsp3) is 0.667. The molecule has 0 bridgehead atoms. The van der Waals surface area contributed by atoms with Gasteiger partial charge in [-0.3, -0.25) is 19.2 Å². The molecule has 0 aliphatic heterocycles. The average molecular weight is 438 g/mol. The van der Waals surface area contributed by atoms with Gasteiger partial charge in [0, 0.05) is 0 Å². The molecule has 4 atom stereocenters. The number of carboxylic acids is 2. The van der Waals surface area contributed by atoms with Crippen molar-refractivity contribution in [3.63, 3.8) is 0 Å². The fourth-order valence-corrected chi connectivity index (χ4v) is 2.45. The molecule has 4 unspecified atom stereocenters. The number of nitrogens with two attached hydrogens (primary N) is 1. The van der Waals surface area contributed by atoms with Crippen LogP contribution in [0.15, 0.2) is 0 Å². The zero-order valence-electron chi connectivity index (χ0n) is 15.7. The number of nitrogens with one attached hydrogen (secondary N) is 3. The number of hydrogen-bond donors (Lipinski definition) is 8. The van der Waals surface area contributed by atoms with E-state index in [4.69, 9.17) is 21.1 Å². The van der Waals surface area contributed by atoms with Crippen molar-refractivity contribution < 1.29 is 44.4 Å². The van der Waals surface area contributed by atoms with E-state index in [0.29, 0.717) is 5.75 Å². The lowest BCUT2D eigenvalue weighted by Gasteiger charge is -2.24. The second-order valence-corrected chi connectivity index (χ2v) is 6.86. The molecule has 0 saturated carbocycles. The van der Waals surface area contributed by atoms with Gasteiger partial charge < -0.3 is 42.1 Å². The van der Waals surface area contributed by atoms with Gasteiger partial charge in [-0.15, -0.1) is 0 Å². The summed E-state index contributed by atoms with van der Waals surface area (Å²) in [6.07, 6.45) is 0.938. The van der Waals surface area contributed by atoms with Gasteiger partial charge in [0.1, 0.15) is 24.2 Å². The molecule has 0 radical (unpaired) electrons. The van der Waals surface area contributed by atoms with Crippen molar-refractivity contribution in [2.45, 2.75) is 37.0 Å². The highest BCUT2D eigenvalue weighted by atomic mass is 32.2. The maximum Gasteiger partial charge on any atom is 0.326 e. The molecule has 29 heavy (non-hydrogen) atoms. The van der Waals surface area contributed by atoms with E-state index in [1.807, 2.05) is 5.32 Å². The molecule has 0 fully saturated rings. The second-order valence-electron chi connectivity index (χ2n) is 5.87. The SMILES string of the molecule is CSCCC(NC(=O)C(CO)NC(=O)C(N)CO)C(=O)NC(CC(=O)O)C(=O)O. The van der Waals surface area contributed by atoms with Crippen molar-refractivity contribution in [2.24, 2.45) is 5.73 Å². The zero-order chi connectivity index (χ0) is 22.6. The quantitative estimate of drug-likeness (QED) is 0.130. The number of carbonyl (C=O) groups excluding carboxylic acids is 3. The molecule has 0 aliphatic carbocycles. The van der Waals surface area contributed by atoms with Crippen LogP contribution in [0, 0.1) is 0 Å². The Morgan fingerprint density at radius 3 is 1.83 bits per heavy atom. The maximum absolute atomic E-state index is 12.4. The third-order valence-corrected chi connectivity index (χ3v) is 4.23. The lowest BCUT2D eigenvalue weighted by molar-refractivity contribution is -0.147. The van der Waals surface area contributed by atoms with Gasteiger partial charge in [0.25, 0.3) is 0 Å². The fourth-order valence-electron chi connectivity index (χ4n) is 1.98. The highest BCUT2D eigenvalue weighted by Crippen LogP contribution is 2.04. The molecule has 0 aromatic heterocycles. The number of aliphatic carboxylic acids is 2. The van der Waals surface area contributed by atoms with E-state index in [-0.39, 0.29) is 6.42 Å². The van der Waals surface area contributed by atoms with Crippen molar-refractivity contribution in [1.82, 2.24) is 16.0 Å². The summed E-state index contributed by atoms with van der Waals surface area (Å²) in [5.41, 5.74) is 5.31. The van der Waals surface area contributed by atoms with E-state index in [2.05, 4.69) is 10.6 Å². The summed E-state index contributed by atoms with van der Waals surface area (Å²) in [7, 11) is 0. The number of thioether (sulfide) groups is 1. The van der Waals surface area contributed by atoms with E-state index in [1.54, 1.807) is 6.26 Å². The highest BCUT2D eigenvalue weighted by Gasteiger charge is 2.30. The van der Waals surface area contributed by atoms with Crippen molar-refractivity contribution in [3.05, 3.63) is 0 Å². The molecule has 0 rings (SSSR count). The molecule has 0 aromatic rings. The largest absolute Gasteiger partial charge is 0.481 e. The van der Waals surface area contributed by atoms with Crippen LogP contribution in [0.3, 0.4) is 0 Å². The van der Waals surface area contributed by atoms with Crippen LogP contribution in [-0.2, 0) is 24.0 Å². The summed E-state index contributed by atoms with van der Waals surface area (Å²) in [6, 6.07) is -5.74. The van der Waals surface area contributed by atoms with Crippen LogP contribution in [0.1, 0.15) is 12.8 Å². The van der Waals surface area contributed by atoms with Crippen molar-refractivity contribution >= 4 is 41.4 Å². The van der Waals surface area contributed by atoms with Crippen molar-refractivity contribution in [2.75, 3.05) is 25.2 Å². The van der Waals surface area contributed by atoms with Crippen LogP contribution in [0.4, 0.5) is 0 Å². The standard InChI is InChI=1S/C15H26N4O9S/c1-29-3-2-8(13(25)18-9(15(27)28)4-11(22)23)17-14(26)10(6-21)19-12(24)7(16)5-20/h7-10,20-21H,2-6,16H2,1H3,(H,17,26)(H,18,25)(H,19,24)(H,22,23)(H,27,28). The van der Waals surface area contributed by atoms with Crippen LogP contribution in [0.2, 0.25) is 0 Å². The van der Waals surface area contributed by atoms with Gasteiger partial charge in [-0.05, 0) is 18.4 Å². The van der Waals surface area contributed by atoms with Crippen LogP contribution in [0.5, 0.6) is 0 Å². The van der Waals surface area contributed by atoms with Gasteiger partial charge in [-0.25, -0.2) is 4.79 Å². The number of carbonyl (C=O) groups is 5. The minimum atomic E-state index is -1.70. The molecule has 3 amide bonds. The third kappa shape index (κ3) is 10.1. The van der Waals surface area contributed by atoms with E-state index in [0.717, 1.165) is 0 Å². The van der Waals surface area contributed by atoms with E-state index in [9.17, 15) is 29.1 Å². The summed E-state index contributed by atoms with van der Waals surface area (Å²) in [4.78, 5) is 58.2. The van der Waals surface area contributed by atoms with Gasteiger partial charge in [0.05, 0.1) is 19.6 Å². The lowest BCUT2D eigenvalue weighted by atomic mass is 10.1. The molecule has 14 heteroatoms. The molecule has 0 spiro atoms. The molecule has 166 valence electrons. The normalized spacial score (nSPS) is 14.8. The first-order valence-corrected chi connectivity index (χ1v) is 9.78. The predicted octanol–water partition coefficient (Wildman–Crippen LogP) is -3.93. The number of aliphatic hydroxyl groups is 2. The Morgan fingerprint density at radius 2 is 1.38 bits per heavy atom. The predicted molar refractivity (Wildman–Crippen MR) is 101 cm³/mol. The molecule has 0 aromatic carbocycles. The zero-order valence-corrected chi connectivity index (χ0v) is 16.5. The molecule has 9 N–H and O–H groups in total. The second kappa shape index (κ2) is 13.7. The summed E-state index contributed by atoms with van der Waals surface area (Å²) < 4.78 is 0. The Kier molecular flexibility index (Phi) is 12.6. The molecular weight excluding hydrogens is 412 g/mol. The molecule has 0 saturated heterocycles. The number of amides is 3. The monoisotopic (exact) mass is 438 g/mol. The summed E-state index contributed by atoms with van der Waals surface area (Å²) >= 11 is 1.34. The minimum absolute atomic E-state index is 0.0698.